The molecule has 0 N–H and O–H groups in total. The van der Waals surface area contributed by atoms with Gasteiger partial charge in [0.05, 0.1) is 23.0 Å². The minimum atomic E-state index is -2.75. The van der Waals surface area contributed by atoms with E-state index in [-0.39, 0.29) is 0 Å². The summed E-state index contributed by atoms with van der Waals surface area (Å²) in [6.07, 6.45) is 0. The van der Waals surface area contributed by atoms with Gasteiger partial charge in [-0.25, -0.2) is 0 Å². The van der Waals surface area contributed by atoms with Crippen molar-refractivity contribution < 1.29 is 0 Å². The monoisotopic (exact) mass is 819 g/mol. The summed E-state index contributed by atoms with van der Waals surface area (Å²) in [4.78, 5) is 4.69. The minimum Gasteiger partial charge on any atom is -0.310 e. The van der Waals surface area contributed by atoms with E-state index in [0.717, 1.165) is 39.5 Å². The third-order valence-corrected chi connectivity index (χ3v) is 17.3. The van der Waals surface area contributed by atoms with Crippen LogP contribution in [0.25, 0.3) is 32.3 Å². The lowest BCUT2D eigenvalue weighted by Crippen LogP contribution is -2.74. The molecule has 11 rings (SSSR count). The summed E-state index contributed by atoms with van der Waals surface area (Å²) in [7, 11) is -2.75. The predicted molar refractivity (Wildman–Crippen MR) is 268 cm³/mol. The molecule has 0 radical (unpaired) electrons. The maximum absolute atomic E-state index is 10.2. The van der Waals surface area contributed by atoms with E-state index in [1.165, 1.54) is 47.7 Å². The van der Waals surface area contributed by atoms with E-state index in [9.17, 15) is 5.26 Å². The minimum absolute atomic E-state index is 0.613. The number of rotatable bonds is 10. The molecule has 0 bridgehead atoms. The van der Waals surface area contributed by atoms with Crippen molar-refractivity contribution in [3.8, 4) is 6.07 Å². The molecular formula is C59H41N3Si. The van der Waals surface area contributed by atoms with Crippen molar-refractivity contribution in [1.82, 2.24) is 0 Å². The van der Waals surface area contributed by atoms with Gasteiger partial charge in [-0.2, -0.15) is 5.26 Å². The van der Waals surface area contributed by atoms with E-state index < -0.39 is 8.07 Å². The second-order valence-corrected chi connectivity index (χ2v) is 19.8. The molecule has 0 aliphatic rings. The third-order valence-electron chi connectivity index (χ3n) is 12.5. The van der Waals surface area contributed by atoms with Crippen molar-refractivity contribution in [1.29, 1.82) is 5.26 Å². The van der Waals surface area contributed by atoms with Gasteiger partial charge in [0.1, 0.15) is 0 Å². The van der Waals surface area contributed by atoms with Crippen LogP contribution < -0.4 is 30.5 Å². The summed E-state index contributed by atoms with van der Waals surface area (Å²) in [5.41, 5.74) is 6.93. The molecule has 0 saturated carbocycles. The molecule has 0 aliphatic carbocycles. The first-order valence-electron chi connectivity index (χ1n) is 21.4. The highest BCUT2D eigenvalue weighted by Crippen LogP contribution is 2.47. The summed E-state index contributed by atoms with van der Waals surface area (Å²) in [5, 5.41) is 22.6. The van der Waals surface area contributed by atoms with Crippen molar-refractivity contribution in [3.63, 3.8) is 0 Å². The topological polar surface area (TPSA) is 30.3 Å². The molecule has 0 unspecified atom stereocenters. The largest absolute Gasteiger partial charge is 0.310 e. The van der Waals surface area contributed by atoms with Gasteiger partial charge in [-0.05, 0) is 109 Å². The highest BCUT2D eigenvalue weighted by molar-refractivity contribution is 7.19. The van der Waals surface area contributed by atoms with E-state index in [2.05, 4.69) is 246 Å². The molecular weight excluding hydrogens is 779 g/mol. The lowest BCUT2D eigenvalue weighted by molar-refractivity contribution is 1.29. The number of hydrogen-bond acceptors (Lipinski definition) is 3. The number of nitrogens with zero attached hydrogens (tertiary/aromatic N) is 3. The van der Waals surface area contributed by atoms with Crippen LogP contribution in [0.5, 0.6) is 0 Å². The van der Waals surface area contributed by atoms with Crippen LogP contribution in [0.15, 0.2) is 249 Å². The molecule has 0 aromatic heterocycles. The number of nitriles is 1. The summed E-state index contributed by atoms with van der Waals surface area (Å²) < 4.78 is 0. The predicted octanol–water partition coefficient (Wildman–Crippen LogP) is 12.8. The molecule has 0 atom stereocenters. The van der Waals surface area contributed by atoms with E-state index in [1.807, 2.05) is 18.2 Å². The Hall–Kier alpha value is -8.23. The van der Waals surface area contributed by atoms with Crippen LogP contribution in [0.3, 0.4) is 0 Å². The molecule has 0 heterocycles. The fraction of sp³-hybridized carbons (Fsp3) is 0. The molecule has 11 aromatic rings. The molecule has 0 spiro atoms. The second kappa shape index (κ2) is 16.0. The number of anilines is 6. The van der Waals surface area contributed by atoms with Crippen LogP contribution in [0.2, 0.25) is 0 Å². The molecule has 4 heteroatoms. The smallest absolute Gasteiger partial charge is 0.179 e. The quantitative estimate of drug-likeness (QED) is 0.0782. The normalized spacial score (nSPS) is 11.5. The van der Waals surface area contributed by atoms with Crippen LogP contribution in [0.1, 0.15) is 5.56 Å². The van der Waals surface area contributed by atoms with E-state index in [1.54, 1.807) is 0 Å². The molecule has 296 valence electrons. The van der Waals surface area contributed by atoms with Gasteiger partial charge in [-0.15, -0.1) is 0 Å². The van der Waals surface area contributed by atoms with Gasteiger partial charge in [-0.3, -0.25) is 0 Å². The fourth-order valence-corrected chi connectivity index (χ4v) is 14.6. The summed E-state index contributed by atoms with van der Waals surface area (Å²) >= 11 is 0. The van der Waals surface area contributed by atoms with Crippen molar-refractivity contribution in [2.45, 2.75) is 0 Å². The Morgan fingerprint density at radius 1 is 0.317 bits per heavy atom. The van der Waals surface area contributed by atoms with Crippen molar-refractivity contribution in [3.05, 3.63) is 254 Å². The van der Waals surface area contributed by atoms with E-state index in [0.29, 0.717) is 5.56 Å². The second-order valence-electron chi connectivity index (χ2n) is 16.0. The van der Waals surface area contributed by atoms with Gasteiger partial charge >= 0.3 is 0 Å². The Labute approximate surface area is 369 Å². The van der Waals surface area contributed by atoms with Crippen LogP contribution in [0, 0.1) is 11.3 Å². The highest BCUT2D eigenvalue weighted by Gasteiger charge is 2.41. The molecule has 0 aliphatic heterocycles. The lowest BCUT2D eigenvalue weighted by Gasteiger charge is -2.35. The van der Waals surface area contributed by atoms with Gasteiger partial charge in [0, 0.05) is 33.5 Å². The Balaban J connectivity index is 1.13. The Morgan fingerprint density at radius 3 is 1.13 bits per heavy atom. The summed E-state index contributed by atoms with van der Waals surface area (Å²) in [5.74, 6) is 0. The molecule has 3 nitrogen and oxygen atoms in total. The van der Waals surface area contributed by atoms with Crippen LogP contribution in [-0.2, 0) is 0 Å². The average molecular weight is 820 g/mol. The summed E-state index contributed by atoms with van der Waals surface area (Å²) in [6.45, 7) is 0. The molecule has 11 aromatic carbocycles. The highest BCUT2D eigenvalue weighted by atomic mass is 28.3. The van der Waals surface area contributed by atoms with Crippen LogP contribution >= 0.6 is 0 Å². The van der Waals surface area contributed by atoms with E-state index >= 15 is 0 Å². The first kappa shape index (κ1) is 37.7. The van der Waals surface area contributed by atoms with Gasteiger partial charge in [-0.1, -0.05) is 182 Å². The number of benzene rings is 11. The van der Waals surface area contributed by atoms with Gasteiger partial charge in [0.25, 0.3) is 0 Å². The zero-order valence-electron chi connectivity index (χ0n) is 34.5. The Morgan fingerprint density at radius 2 is 0.683 bits per heavy atom. The van der Waals surface area contributed by atoms with Gasteiger partial charge in [0.2, 0.25) is 0 Å². The van der Waals surface area contributed by atoms with E-state index in [4.69, 9.17) is 0 Å². The first-order chi connectivity index (χ1) is 31.2. The van der Waals surface area contributed by atoms with Crippen molar-refractivity contribution in [2.24, 2.45) is 0 Å². The summed E-state index contributed by atoms with van der Waals surface area (Å²) in [6, 6.07) is 92.1. The Kier molecular flexibility index (Phi) is 9.58. The standard InChI is InChI=1S/C59H41N3Si/c60-42-43-17-16-22-49(41-43)62(48-33-35-53(36-34-48)63(50-23-10-3-11-24-50,51-25-12-4-13-26-51)52-27-14-5-15-28-52)57-40-32-45-29-37-54-56(39-31-44-30-38-55(57)59(45)58(44)54)61(46-18-6-1-7-19-46)47-20-8-2-9-21-47/h1-41H. The number of hydrogen-bond donors (Lipinski definition) is 0. The maximum Gasteiger partial charge on any atom is 0.179 e. The van der Waals surface area contributed by atoms with Crippen LogP contribution in [0.4, 0.5) is 34.1 Å². The van der Waals surface area contributed by atoms with Crippen molar-refractivity contribution >= 4 is 95.3 Å². The lowest BCUT2D eigenvalue weighted by atomic mass is 9.91. The first-order valence-corrected chi connectivity index (χ1v) is 23.4. The SMILES string of the molecule is N#Cc1cccc(N(c2ccc([Si](c3ccccc3)(c3ccccc3)c3ccccc3)cc2)c2ccc3ccc4c(N(c5ccccc5)c5ccccc5)ccc5ccc2c3c54)c1. The molecule has 0 fully saturated rings. The molecule has 0 saturated heterocycles. The zero-order valence-corrected chi connectivity index (χ0v) is 35.5. The zero-order chi connectivity index (χ0) is 42.2. The third kappa shape index (κ3) is 6.42. The molecule has 63 heavy (non-hydrogen) atoms. The molecule has 0 amide bonds. The fourth-order valence-electron chi connectivity index (χ4n) is 9.81. The Bertz CT molecular complexity index is 3250. The van der Waals surface area contributed by atoms with Gasteiger partial charge < -0.3 is 9.80 Å². The van der Waals surface area contributed by atoms with Crippen LogP contribution in [-0.4, -0.2) is 8.07 Å². The van der Waals surface area contributed by atoms with Gasteiger partial charge in [0.15, 0.2) is 8.07 Å². The van der Waals surface area contributed by atoms with Crippen molar-refractivity contribution in [2.75, 3.05) is 9.80 Å². The maximum atomic E-state index is 10.2. The average Bonchev–Trinajstić information content (AvgIpc) is 3.36. The number of para-hydroxylation sites is 2.